The predicted molar refractivity (Wildman–Crippen MR) is 75.0 cm³/mol. The van der Waals surface area contributed by atoms with Gasteiger partial charge in [0.05, 0.1) is 23.4 Å². The van der Waals surface area contributed by atoms with Gasteiger partial charge < -0.3 is 15.1 Å². The van der Waals surface area contributed by atoms with E-state index in [-0.39, 0.29) is 0 Å². The van der Waals surface area contributed by atoms with E-state index < -0.39 is 0 Å². The molecule has 7 nitrogen and oxygen atoms in total. The van der Waals surface area contributed by atoms with Gasteiger partial charge >= 0.3 is 0 Å². The van der Waals surface area contributed by atoms with E-state index in [9.17, 15) is 0 Å². The first-order chi connectivity index (χ1) is 9.26. The molecule has 0 amide bonds. The SMILES string of the molecule is Cc1nc(CNc2nc(NN)cn3ccnc23)cs1. The van der Waals surface area contributed by atoms with E-state index in [0.717, 1.165) is 16.3 Å². The third-order valence-corrected chi connectivity index (χ3v) is 3.45. The number of rotatable bonds is 4. The number of nitrogen functional groups attached to an aromatic ring is 1. The molecule has 19 heavy (non-hydrogen) atoms. The Morgan fingerprint density at radius 1 is 1.42 bits per heavy atom. The molecule has 0 saturated heterocycles. The van der Waals surface area contributed by atoms with Gasteiger partial charge in [0.15, 0.2) is 17.3 Å². The molecular formula is C11H13N7S. The molecule has 0 aliphatic carbocycles. The summed E-state index contributed by atoms with van der Waals surface area (Å²) in [4.78, 5) is 13.0. The van der Waals surface area contributed by atoms with Crippen LogP contribution < -0.4 is 16.6 Å². The number of fused-ring (bicyclic) bond motifs is 1. The van der Waals surface area contributed by atoms with E-state index in [1.165, 1.54) is 0 Å². The van der Waals surface area contributed by atoms with Crippen LogP contribution in [0.3, 0.4) is 0 Å². The van der Waals surface area contributed by atoms with Crippen molar-refractivity contribution in [2.24, 2.45) is 5.84 Å². The van der Waals surface area contributed by atoms with Crippen LogP contribution in [0.15, 0.2) is 24.0 Å². The summed E-state index contributed by atoms with van der Waals surface area (Å²) >= 11 is 1.63. The molecule has 3 aromatic rings. The van der Waals surface area contributed by atoms with E-state index >= 15 is 0 Å². The van der Waals surface area contributed by atoms with Crippen LogP contribution in [0.1, 0.15) is 10.7 Å². The first-order valence-electron chi connectivity index (χ1n) is 5.71. The minimum absolute atomic E-state index is 0.572. The van der Waals surface area contributed by atoms with Crippen molar-refractivity contribution in [2.45, 2.75) is 13.5 Å². The van der Waals surface area contributed by atoms with Gasteiger partial charge in [-0.15, -0.1) is 11.3 Å². The van der Waals surface area contributed by atoms with Crippen LogP contribution in [0.5, 0.6) is 0 Å². The molecule has 98 valence electrons. The predicted octanol–water partition coefficient (Wildman–Crippen LogP) is 1.39. The zero-order valence-corrected chi connectivity index (χ0v) is 11.1. The van der Waals surface area contributed by atoms with Crippen LogP contribution in [0.4, 0.5) is 11.6 Å². The quantitative estimate of drug-likeness (QED) is 0.492. The van der Waals surface area contributed by atoms with Gasteiger partial charge in [-0.3, -0.25) is 0 Å². The summed E-state index contributed by atoms with van der Waals surface area (Å²) in [6.07, 6.45) is 5.34. The number of anilines is 2. The average Bonchev–Trinajstić information content (AvgIpc) is 3.04. The molecule has 3 heterocycles. The van der Waals surface area contributed by atoms with Crippen LogP contribution in [0.2, 0.25) is 0 Å². The fraction of sp³-hybridized carbons (Fsp3) is 0.182. The molecule has 0 atom stereocenters. The highest BCUT2D eigenvalue weighted by Crippen LogP contribution is 2.17. The third kappa shape index (κ3) is 2.35. The van der Waals surface area contributed by atoms with E-state index in [4.69, 9.17) is 5.84 Å². The molecule has 0 fully saturated rings. The second-order valence-electron chi connectivity index (χ2n) is 3.99. The summed E-state index contributed by atoms with van der Waals surface area (Å²) in [5, 5.41) is 6.31. The van der Waals surface area contributed by atoms with Gasteiger partial charge in [-0.25, -0.2) is 20.8 Å². The molecule has 0 radical (unpaired) electrons. The molecule has 0 aliphatic heterocycles. The Kier molecular flexibility index (Phi) is 3.02. The van der Waals surface area contributed by atoms with Crippen molar-refractivity contribution < 1.29 is 0 Å². The highest BCUT2D eigenvalue weighted by Gasteiger charge is 2.07. The maximum Gasteiger partial charge on any atom is 0.180 e. The van der Waals surface area contributed by atoms with Crippen molar-refractivity contribution in [3.8, 4) is 0 Å². The number of aromatic nitrogens is 4. The van der Waals surface area contributed by atoms with Gasteiger partial charge in [0.2, 0.25) is 0 Å². The third-order valence-electron chi connectivity index (χ3n) is 2.63. The monoisotopic (exact) mass is 275 g/mol. The number of nitrogens with zero attached hydrogens (tertiary/aromatic N) is 4. The Morgan fingerprint density at radius 3 is 3.05 bits per heavy atom. The Morgan fingerprint density at radius 2 is 2.32 bits per heavy atom. The molecule has 8 heteroatoms. The highest BCUT2D eigenvalue weighted by atomic mass is 32.1. The minimum atomic E-state index is 0.572. The second kappa shape index (κ2) is 4.82. The van der Waals surface area contributed by atoms with E-state index in [2.05, 4.69) is 25.7 Å². The molecule has 0 saturated carbocycles. The molecule has 0 spiro atoms. The van der Waals surface area contributed by atoms with Crippen molar-refractivity contribution in [1.29, 1.82) is 0 Å². The molecule has 0 unspecified atom stereocenters. The Hall–Kier alpha value is -2.19. The van der Waals surface area contributed by atoms with Gasteiger partial charge in [0.25, 0.3) is 0 Å². The summed E-state index contributed by atoms with van der Waals surface area (Å²) in [7, 11) is 0. The maximum absolute atomic E-state index is 5.40. The van der Waals surface area contributed by atoms with Crippen molar-refractivity contribution in [1.82, 2.24) is 19.4 Å². The number of nitrogens with one attached hydrogen (secondary N) is 2. The lowest BCUT2D eigenvalue weighted by molar-refractivity contribution is 1.02. The Balaban J connectivity index is 1.88. The number of thiazole rings is 1. The van der Waals surface area contributed by atoms with Gasteiger partial charge in [-0.05, 0) is 6.92 Å². The highest BCUT2D eigenvalue weighted by molar-refractivity contribution is 7.09. The first-order valence-corrected chi connectivity index (χ1v) is 6.59. The lowest BCUT2D eigenvalue weighted by Gasteiger charge is -2.08. The number of hydrazine groups is 1. The second-order valence-corrected chi connectivity index (χ2v) is 5.05. The minimum Gasteiger partial charge on any atom is -0.361 e. The van der Waals surface area contributed by atoms with Crippen LogP contribution in [0.25, 0.3) is 5.65 Å². The summed E-state index contributed by atoms with van der Waals surface area (Å²) in [5.41, 5.74) is 4.28. The molecule has 0 bridgehead atoms. The van der Waals surface area contributed by atoms with Crippen molar-refractivity contribution >= 4 is 28.6 Å². The number of aryl methyl sites for hydroxylation is 1. The first kappa shape index (κ1) is 11.9. The standard InChI is InChI=1S/C11H13N7S/c1-7-15-8(6-19-7)4-14-10-11-13-2-3-18(11)5-9(16-10)17-12/h2-3,5-6,17H,4,12H2,1H3,(H,14,16). The molecule has 0 aliphatic rings. The Labute approximate surface area is 113 Å². The molecule has 3 aromatic heterocycles. The van der Waals surface area contributed by atoms with Crippen LogP contribution >= 0.6 is 11.3 Å². The number of hydrogen-bond donors (Lipinski definition) is 3. The lowest BCUT2D eigenvalue weighted by Crippen LogP contribution is -2.12. The van der Waals surface area contributed by atoms with Gasteiger partial charge in [0.1, 0.15) is 0 Å². The Bertz CT molecular complexity index is 702. The van der Waals surface area contributed by atoms with E-state index in [1.807, 2.05) is 22.9 Å². The summed E-state index contributed by atoms with van der Waals surface area (Å²) in [5.74, 6) is 6.65. The smallest absolute Gasteiger partial charge is 0.180 e. The fourth-order valence-electron chi connectivity index (χ4n) is 1.78. The fourth-order valence-corrected chi connectivity index (χ4v) is 2.40. The van der Waals surface area contributed by atoms with Crippen molar-refractivity contribution in [2.75, 3.05) is 10.7 Å². The molecular weight excluding hydrogens is 262 g/mol. The normalized spacial score (nSPS) is 10.8. The molecule has 0 aromatic carbocycles. The van der Waals surface area contributed by atoms with Crippen molar-refractivity contribution in [3.63, 3.8) is 0 Å². The number of imidazole rings is 1. The summed E-state index contributed by atoms with van der Waals surface area (Å²) in [6, 6.07) is 0. The average molecular weight is 275 g/mol. The van der Waals surface area contributed by atoms with Crippen LogP contribution in [-0.4, -0.2) is 19.4 Å². The molecule has 3 rings (SSSR count). The van der Waals surface area contributed by atoms with Gasteiger partial charge in [-0.2, -0.15) is 0 Å². The van der Waals surface area contributed by atoms with Crippen LogP contribution in [-0.2, 0) is 6.54 Å². The lowest BCUT2D eigenvalue weighted by atomic mass is 10.4. The van der Waals surface area contributed by atoms with E-state index in [0.29, 0.717) is 18.2 Å². The van der Waals surface area contributed by atoms with Gasteiger partial charge in [0, 0.05) is 17.8 Å². The summed E-state index contributed by atoms with van der Waals surface area (Å²) in [6.45, 7) is 2.59. The van der Waals surface area contributed by atoms with E-state index in [1.54, 1.807) is 23.7 Å². The number of hydrogen-bond acceptors (Lipinski definition) is 7. The topological polar surface area (TPSA) is 93.2 Å². The summed E-state index contributed by atoms with van der Waals surface area (Å²) < 4.78 is 1.86. The largest absolute Gasteiger partial charge is 0.361 e. The number of nitrogens with two attached hydrogens (primary N) is 1. The molecule has 4 N–H and O–H groups in total. The van der Waals surface area contributed by atoms with Crippen LogP contribution in [0, 0.1) is 6.92 Å². The maximum atomic E-state index is 5.40. The zero-order valence-electron chi connectivity index (χ0n) is 10.3. The van der Waals surface area contributed by atoms with Gasteiger partial charge in [-0.1, -0.05) is 0 Å². The van der Waals surface area contributed by atoms with Crippen molar-refractivity contribution in [3.05, 3.63) is 34.7 Å². The zero-order chi connectivity index (χ0) is 13.2.